The molecular formula is C21H24N4OS. The van der Waals surface area contributed by atoms with Crippen molar-refractivity contribution < 1.29 is 4.79 Å². The number of hydrogen-bond donors (Lipinski definition) is 2. The minimum Gasteiger partial charge on any atom is -0.322 e. The highest BCUT2D eigenvalue weighted by atomic mass is 32.2. The molecule has 2 aromatic carbocycles. The Morgan fingerprint density at radius 2 is 1.93 bits per heavy atom. The molecule has 0 atom stereocenters. The van der Waals surface area contributed by atoms with Gasteiger partial charge in [0.25, 0.3) is 5.91 Å². The summed E-state index contributed by atoms with van der Waals surface area (Å²) < 4.78 is 0. The molecule has 0 saturated heterocycles. The summed E-state index contributed by atoms with van der Waals surface area (Å²) in [5, 5.41) is 10.4. The molecule has 1 aromatic heterocycles. The standard InChI is InChI=1S/C21H24N4OS/c1-2-3-4-7-16-10-12-18(13-11-16)24-20(26)19-9-6-5-8-17(19)14-27-21-22-15-23-25-21/h5-6,8-13,15H,2-4,7,14H2,1H3,(H,24,26)(H,22,23,25). The molecule has 27 heavy (non-hydrogen) atoms. The van der Waals surface area contributed by atoms with Gasteiger partial charge in [-0.05, 0) is 42.2 Å². The Bertz CT molecular complexity index is 847. The number of H-pyrrole nitrogens is 1. The van der Waals surface area contributed by atoms with Crippen LogP contribution in [-0.4, -0.2) is 21.1 Å². The molecule has 2 N–H and O–H groups in total. The Morgan fingerprint density at radius 1 is 1.11 bits per heavy atom. The van der Waals surface area contributed by atoms with Gasteiger partial charge in [0.15, 0.2) is 5.16 Å². The van der Waals surface area contributed by atoms with Gasteiger partial charge in [-0.1, -0.05) is 61.9 Å². The summed E-state index contributed by atoms with van der Waals surface area (Å²) in [6.07, 6.45) is 6.25. The molecule has 1 amide bonds. The highest BCUT2D eigenvalue weighted by Crippen LogP contribution is 2.22. The second-order valence-electron chi connectivity index (χ2n) is 6.34. The van der Waals surface area contributed by atoms with Crippen LogP contribution in [0.25, 0.3) is 0 Å². The summed E-state index contributed by atoms with van der Waals surface area (Å²) in [4.78, 5) is 16.8. The average Bonchev–Trinajstić information content (AvgIpc) is 3.22. The lowest BCUT2D eigenvalue weighted by molar-refractivity contribution is 0.102. The molecule has 0 aliphatic rings. The lowest BCUT2D eigenvalue weighted by atomic mass is 10.1. The van der Waals surface area contributed by atoms with Crippen LogP contribution in [0, 0.1) is 0 Å². The topological polar surface area (TPSA) is 70.7 Å². The van der Waals surface area contributed by atoms with Crippen molar-refractivity contribution in [1.29, 1.82) is 0 Å². The fourth-order valence-corrected chi connectivity index (χ4v) is 3.59. The van der Waals surface area contributed by atoms with Crippen LogP contribution in [0.1, 0.15) is 47.7 Å². The van der Waals surface area contributed by atoms with E-state index in [0.717, 1.165) is 22.8 Å². The van der Waals surface area contributed by atoms with Crippen LogP contribution in [0.15, 0.2) is 60.0 Å². The number of aryl methyl sites for hydroxylation is 1. The molecule has 140 valence electrons. The first-order chi connectivity index (χ1) is 13.3. The lowest BCUT2D eigenvalue weighted by Gasteiger charge is -2.10. The van der Waals surface area contributed by atoms with Crippen LogP contribution >= 0.6 is 11.8 Å². The number of benzene rings is 2. The van der Waals surface area contributed by atoms with Crippen LogP contribution in [-0.2, 0) is 12.2 Å². The van der Waals surface area contributed by atoms with Crippen molar-refractivity contribution in [3.63, 3.8) is 0 Å². The number of carbonyl (C=O) groups is 1. The summed E-state index contributed by atoms with van der Waals surface area (Å²) in [7, 11) is 0. The van der Waals surface area contributed by atoms with Gasteiger partial charge in [-0.3, -0.25) is 9.89 Å². The third-order valence-corrected chi connectivity index (χ3v) is 5.23. The van der Waals surface area contributed by atoms with Crippen LogP contribution in [0.4, 0.5) is 5.69 Å². The second-order valence-corrected chi connectivity index (χ2v) is 7.31. The maximum absolute atomic E-state index is 12.7. The van der Waals surface area contributed by atoms with Crippen LogP contribution < -0.4 is 5.32 Å². The maximum atomic E-state index is 12.7. The molecule has 5 nitrogen and oxygen atoms in total. The van der Waals surface area contributed by atoms with Crippen molar-refractivity contribution in [3.05, 3.63) is 71.5 Å². The van der Waals surface area contributed by atoms with E-state index < -0.39 is 0 Å². The third-order valence-electron chi connectivity index (χ3n) is 4.30. The summed E-state index contributed by atoms with van der Waals surface area (Å²) in [5.41, 5.74) is 3.77. The number of anilines is 1. The quantitative estimate of drug-likeness (QED) is 0.401. The van der Waals surface area contributed by atoms with Crippen LogP contribution in [0.2, 0.25) is 0 Å². The number of thioether (sulfide) groups is 1. The Morgan fingerprint density at radius 3 is 2.67 bits per heavy atom. The van der Waals surface area contributed by atoms with Crippen molar-refractivity contribution in [2.24, 2.45) is 0 Å². The van der Waals surface area contributed by atoms with E-state index in [0.29, 0.717) is 11.3 Å². The summed E-state index contributed by atoms with van der Waals surface area (Å²) >= 11 is 1.52. The molecule has 0 aliphatic carbocycles. The molecular weight excluding hydrogens is 356 g/mol. The SMILES string of the molecule is CCCCCc1ccc(NC(=O)c2ccccc2CSc2ncn[nH]2)cc1. The minimum absolute atomic E-state index is 0.0949. The lowest BCUT2D eigenvalue weighted by Crippen LogP contribution is -2.14. The van der Waals surface area contributed by atoms with Gasteiger partial charge >= 0.3 is 0 Å². The van der Waals surface area contributed by atoms with E-state index in [1.165, 1.54) is 42.9 Å². The fourth-order valence-electron chi connectivity index (χ4n) is 2.81. The first kappa shape index (κ1) is 19.2. The van der Waals surface area contributed by atoms with Crippen molar-refractivity contribution >= 4 is 23.4 Å². The van der Waals surface area contributed by atoms with Gasteiger partial charge in [-0.15, -0.1) is 0 Å². The highest BCUT2D eigenvalue weighted by molar-refractivity contribution is 7.98. The summed E-state index contributed by atoms with van der Waals surface area (Å²) in [6.45, 7) is 2.21. The van der Waals surface area contributed by atoms with E-state index in [1.54, 1.807) is 0 Å². The molecule has 0 radical (unpaired) electrons. The summed E-state index contributed by atoms with van der Waals surface area (Å²) in [5.74, 6) is 0.553. The van der Waals surface area contributed by atoms with Gasteiger partial charge in [0.1, 0.15) is 6.33 Å². The number of aromatic amines is 1. The average molecular weight is 381 g/mol. The molecule has 1 heterocycles. The van der Waals surface area contributed by atoms with Gasteiger partial charge in [0.2, 0.25) is 0 Å². The number of hydrogen-bond acceptors (Lipinski definition) is 4. The Kier molecular flexibility index (Phi) is 7.04. The zero-order valence-electron chi connectivity index (χ0n) is 15.4. The fraction of sp³-hybridized carbons (Fsp3) is 0.286. The van der Waals surface area contributed by atoms with E-state index in [4.69, 9.17) is 0 Å². The predicted octanol–water partition coefficient (Wildman–Crippen LogP) is 5.08. The molecule has 0 fully saturated rings. The number of rotatable bonds is 9. The number of unbranched alkanes of at least 4 members (excludes halogenated alkanes) is 2. The minimum atomic E-state index is -0.0949. The predicted molar refractivity (Wildman–Crippen MR) is 110 cm³/mol. The maximum Gasteiger partial charge on any atom is 0.255 e. The van der Waals surface area contributed by atoms with Crippen molar-refractivity contribution in [3.8, 4) is 0 Å². The van der Waals surface area contributed by atoms with Gasteiger partial charge in [0, 0.05) is 17.0 Å². The number of carbonyl (C=O) groups excluding carboxylic acids is 1. The van der Waals surface area contributed by atoms with E-state index in [-0.39, 0.29) is 5.91 Å². The Labute approximate surface area is 164 Å². The molecule has 0 aliphatic heterocycles. The van der Waals surface area contributed by atoms with Crippen LogP contribution in [0.3, 0.4) is 0 Å². The third kappa shape index (κ3) is 5.69. The van der Waals surface area contributed by atoms with Crippen molar-refractivity contribution in [1.82, 2.24) is 15.2 Å². The number of nitrogens with one attached hydrogen (secondary N) is 2. The van der Waals surface area contributed by atoms with E-state index in [1.807, 2.05) is 36.4 Å². The first-order valence-electron chi connectivity index (χ1n) is 9.22. The molecule has 0 saturated carbocycles. The van der Waals surface area contributed by atoms with Crippen molar-refractivity contribution in [2.45, 2.75) is 43.5 Å². The normalized spacial score (nSPS) is 10.7. The van der Waals surface area contributed by atoms with Gasteiger partial charge in [-0.25, -0.2) is 4.98 Å². The zero-order valence-corrected chi connectivity index (χ0v) is 16.3. The number of nitrogens with zero attached hydrogens (tertiary/aromatic N) is 2. The molecule has 3 rings (SSSR count). The van der Waals surface area contributed by atoms with Crippen LogP contribution in [0.5, 0.6) is 0 Å². The molecule has 0 spiro atoms. The van der Waals surface area contributed by atoms with Gasteiger partial charge in [-0.2, -0.15) is 5.10 Å². The number of amides is 1. The van der Waals surface area contributed by atoms with E-state index in [2.05, 4.69) is 39.6 Å². The zero-order chi connectivity index (χ0) is 18.9. The molecule has 0 bridgehead atoms. The first-order valence-corrected chi connectivity index (χ1v) is 10.2. The molecule has 3 aromatic rings. The molecule has 6 heteroatoms. The summed E-state index contributed by atoms with van der Waals surface area (Å²) in [6, 6.07) is 15.8. The van der Waals surface area contributed by atoms with E-state index >= 15 is 0 Å². The second kappa shape index (κ2) is 9.92. The van der Waals surface area contributed by atoms with Crippen molar-refractivity contribution in [2.75, 3.05) is 5.32 Å². The monoisotopic (exact) mass is 380 g/mol. The van der Waals surface area contributed by atoms with E-state index in [9.17, 15) is 4.79 Å². The van der Waals surface area contributed by atoms with Gasteiger partial charge in [0.05, 0.1) is 0 Å². The molecule has 0 unspecified atom stereocenters. The number of aromatic nitrogens is 3. The Balaban J connectivity index is 1.62. The largest absolute Gasteiger partial charge is 0.322 e. The Hall–Kier alpha value is -2.60. The highest BCUT2D eigenvalue weighted by Gasteiger charge is 2.12. The van der Waals surface area contributed by atoms with Gasteiger partial charge < -0.3 is 5.32 Å². The smallest absolute Gasteiger partial charge is 0.255 e.